The zero-order valence-corrected chi connectivity index (χ0v) is 13.7. The number of nitrogens with one attached hydrogen (secondary N) is 2. The van der Waals surface area contributed by atoms with E-state index in [-0.39, 0.29) is 6.04 Å². The fraction of sp³-hybridized carbons (Fsp3) is 0.600. The van der Waals surface area contributed by atoms with E-state index < -0.39 is 21.8 Å². The van der Waals surface area contributed by atoms with Crippen molar-refractivity contribution in [2.24, 2.45) is 5.92 Å². The zero-order valence-electron chi connectivity index (χ0n) is 12.9. The number of hydrogen-bond acceptors (Lipinski definition) is 3. The van der Waals surface area contributed by atoms with Crippen molar-refractivity contribution < 1.29 is 21.6 Å². The fourth-order valence-corrected chi connectivity index (χ4v) is 3.67. The minimum absolute atomic E-state index is 0.00711. The summed E-state index contributed by atoms with van der Waals surface area (Å²) in [6.07, 6.45) is 0.190. The van der Waals surface area contributed by atoms with Gasteiger partial charge in [0, 0.05) is 18.3 Å². The van der Waals surface area contributed by atoms with Crippen LogP contribution in [0, 0.1) is 5.92 Å². The van der Waals surface area contributed by atoms with Crippen LogP contribution in [0.5, 0.6) is 0 Å². The monoisotopic (exact) mass is 350 g/mol. The van der Waals surface area contributed by atoms with E-state index in [1.165, 1.54) is 12.1 Å². The Morgan fingerprint density at radius 1 is 1.09 bits per heavy atom. The number of alkyl halides is 3. The quantitative estimate of drug-likeness (QED) is 0.857. The highest BCUT2D eigenvalue weighted by Gasteiger charge is 2.30. The van der Waals surface area contributed by atoms with Crippen LogP contribution in [0.25, 0.3) is 0 Å². The first kappa shape index (κ1) is 18.1. The lowest BCUT2D eigenvalue weighted by molar-refractivity contribution is -0.137. The molecule has 0 unspecified atom stereocenters. The number of anilines is 1. The molecule has 0 aromatic heterocycles. The molecule has 1 aromatic carbocycles. The molecule has 8 heteroatoms. The van der Waals surface area contributed by atoms with Crippen LogP contribution >= 0.6 is 0 Å². The highest BCUT2D eigenvalue weighted by Crippen LogP contribution is 2.30. The Hall–Kier alpha value is -1.28. The van der Waals surface area contributed by atoms with Gasteiger partial charge in [-0.3, -0.25) is 0 Å². The van der Waals surface area contributed by atoms with Gasteiger partial charge in [0.1, 0.15) is 0 Å². The minimum atomic E-state index is -4.32. The first-order valence-electron chi connectivity index (χ1n) is 7.52. The number of halogens is 3. The van der Waals surface area contributed by atoms with E-state index in [4.69, 9.17) is 0 Å². The minimum Gasteiger partial charge on any atom is -0.385 e. The molecule has 0 bridgehead atoms. The lowest BCUT2D eigenvalue weighted by Crippen LogP contribution is -2.37. The maximum absolute atomic E-state index is 12.5. The Morgan fingerprint density at radius 3 is 2.13 bits per heavy atom. The summed E-state index contributed by atoms with van der Waals surface area (Å²) in [5, 5.41) is 3.15. The molecule has 0 heterocycles. The van der Waals surface area contributed by atoms with Crippen LogP contribution in [0.1, 0.15) is 31.2 Å². The normalized spacial score (nSPS) is 22.8. The smallest absolute Gasteiger partial charge is 0.385 e. The van der Waals surface area contributed by atoms with Crippen molar-refractivity contribution in [2.45, 2.75) is 37.9 Å². The van der Waals surface area contributed by atoms with Gasteiger partial charge in [0.15, 0.2) is 0 Å². The number of sulfonamides is 1. The SMILES string of the molecule is CS(=O)(=O)N[C@H]1CC[C@H](CNc2ccc(C(F)(F)F)cc2)CC1. The molecule has 0 saturated heterocycles. The van der Waals surface area contributed by atoms with Gasteiger partial charge in [-0.2, -0.15) is 13.2 Å². The van der Waals surface area contributed by atoms with Crippen LogP contribution in [0.3, 0.4) is 0 Å². The van der Waals surface area contributed by atoms with Gasteiger partial charge in [-0.15, -0.1) is 0 Å². The summed E-state index contributed by atoms with van der Waals surface area (Å²) in [4.78, 5) is 0. The van der Waals surface area contributed by atoms with Gasteiger partial charge in [-0.05, 0) is 55.9 Å². The molecule has 2 rings (SSSR count). The summed E-state index contributed by atoms with van der Waals surface area (Å²) < 4.78 is 62.4. The summed E-state index contributed by atoms with van der Waals surface area (Å²) in [5.74, 6) is 0.398. The molecule has 1 aliphatic carbocycles. The Kier molecular flexibility index (Phi) is 5.57. The Bertz CT molecular complexity index is 607. The third-order valence-corrected chi connectivity index (χ3v) is 4.80. The lowest BCUT2D eigenvalue weighted by atomic mass is 9.86. The molecule has 1 aromatic rings. The van der Waals surface area contributed by atoms with Gasteiger partial charge in [0.05, 0.1) is 11.8 Å². The largest absolute Gasteiger partial charge is 0.416 e. The van der Waals surface area contributed by atoms with Crippen molar-refractivity contribution in [1.82, 2.24) is 4.72 Å². The first-order chi connectivity index (χ1) is 10.6. The van der Waals surface area contributed by atoms with Gasteiger partial charge in [-0.1, -0.05) is 0 Å². The Labute approximate surface area is 134 Å². The molecule has 0 aliphatic heterocycles. The molecule has 23 heavy (non-hydrogen) atoms. The average molecular weight is 350 g/mol. The summed E-state index contributed by atoms with van der Waals surface area (Å²) in [6.45, 7) is 0.678. The van der Waals surface area contributed by atoms with Crippen LogP contribution in [0.4, 0.5) is 18.9 Å². The molecular formula is C15H21F3N2O2S. The van der Waals surface area contributed by atoms with Crippen molar-refractivity contribution in [3.63, 3.8) is 0 Å². The summed E-state index contributed by atoms with van der Waals surface area (Å²) in [7, 11) is -3.17. The molecule has 1 saturated carbocycles. The van der Waals surface area contributed by atoms with Crippen LogP contribution < -0.4 is 10.0 Å². The predicted molar refractivity (Wildman–Crippen MR) is 83.7 cm³/mol. The molecule has 0 spiro atoms. The van der Waals surface area contributed by atoms with E-state index in [9.17, 15) is 21.6 Å². The highest BCUT2D eigenvalue weighted by molar-refractivity contribution is 7.88. The van der Waals surface area contributed by atoms with E-state index in [0.717, 1.165) is 44.1 Å². The van der Waals surface area contributed by atoms with Crippen molar-refractivity contribution in [1.29, 1.82) is 0 Å². The molecule has 2 N–H and O–H groups in total. The molecule has 130 valence electrons. The summed E-state index contributed by atoms with van der Waals surface area (Å²) >= 11 is 0. The van der Waals surface area contributed by atoms with Crippen LogP contribution in [0.15, 0.2) is 24.3 Å². The van der Waals surface area contributed by atoms with Gasteiger partial charge < -0.3 is 5.32 Å². The molecule has 0 atom stereocenters. The van der Waals surface area contributed by atoms with E-state index >= 15 is 0 Å². The Balaban J connectivity index is 1.77. The third-order valence-electron chi connectivity index (χ3n) is 4.03. The lowest BCUT2D eigenvalue weighted by Gasteiger charge is -2.28. The number of rotatable bonds is 5. The maximum Gasteiger partial charge on any atom is 0.416 e. The van der Waals surface area contributed by atoms with Crippen molar-refractivity contribution in [3.05, 3.63) is 29.8 Å². The number of benzene rings is 1. The van der Waals surface area contributed by atoms with Crippen molar-refractivity contribution >= 4 is 15.7 Å². The van der Waals surface area contributed by atoms with Crippen LogP contribution in [-0.4, -0.2) is 27.3 Å². The molecule has 0 radical (unpaired) electrons. The zero-order chi connectivity index (χ0) is 17.1. The fourth-order valence-electron chi connectivity index (χ4n) is 2.83. The number of hydrogen-bond donors (Lipinski definition) is 2. The standard InChI is InChI=1S/C15H21F3N2O2S/c1-23(21,22)20-14-6-2-11(3-7-14)10-19-13-8-4-12(5-9-13)15(16,17)18/h4-5,8-9,11,14,19-20H,2-3,6-7,10H2,1H3/t11-,14-. The van der Waals surface area contributed by atoms with E-state index in [1.54, 1.807) is 0 Å². The summed E-state index contributed by atoms with van der Waals surface area (Å²) in [5.41, 5.74) is 0.00444. The second-order valence-corrected chi connectivity index (χ2v) is 7.84. The molecule has 1 aliphatic rings. The highest BCUT2D eigenvalue weighted by atomic mass is 32.2. The van der Waals surface area contributed by atoms with Gasteiger partial charge in [0.2, 0.25) is 10.0 Å². The average Bonchev–Trinajstić information content (AvgIpc) is 2.44. The Morgan fingerprint density at radius 2 is 1.65 bits per heavy atom. The van der Waals surface area contributed by atoms with Crippen LogP contribution in [0.2, 0.25) is 0 Å². The van der Waals surface area contributed by atoms with Gasteiger partial charge in [0.25, 0.3) is 0 Å². The summed E-state index contributed by atoms with van der Waals surface area (Å²) in [6, 6.07) is 4.98. The predicted octanol–water partition coefficient (Wildman–Crippen LogP) is 3.23. The molecule has 1 fully saturated rings. The second-order valence-electron chi connectivity index (χ2n) is 6.06. The first-order valence-corrected chi connectivity index (χ1v) is 9.41. The molecular weight excluding hydrogens is 329 g/mol. The molecule has 4 nitrogen and oxygen atoms in total. The van der Waals surface area contributed by atoms with Gasteiger partial charge >= 0.3 is 6.18 Å². The van der Waals surface area contributed by atoms with E-state index in [1.807, 2.05) is 0 Å². The van der Waals surface area contributed by atoms with E-state index in [2.05, 4.69) is 10.0 Å². The topological polar surface area (TPSA) is 58.2 Å². The maximum atomic E-state index is 12.5. The van der Waals surface area contributed by atoms with Crippen molar-refractivity contribution in [3.8, 4) is 0 Å². The second kappa shape index (κ2) is 7.09. The van der Waals surface area contributed by atoms with Crippen LogP contribution in [-0.2, 0) is 16.2 Å². The molecule has 0 amide bonds. The third kappa shape index (κ3) is 6.02. The van der Waals surface area contributed by atoms with Crippen molar-refractivity contribution in [2.75, 3.05) is 18.1 Å². The van der Waals surface area contributed by atoms with E-state index in [0.29, 0.717) is 18.2 Å². The van der Waals surface area contributed by atoms with Gasteiger partial charge in [-0.25, -0.2) is 13.1 Å².